The lowest BCUT2D eigenvalue weighted by atomic mass is 10.1. The van der Waals surface area contributed by atoms with E-state index >= 15 is 0 Å². The number of benzene rings is 2. The van der Waals surface area contributed by atoms with E-state index in [0.29, 0.717) is 40.0 Å². The number of hydrogen-bond acceptors (Lipinski definition) is 5. The van der Waals surface area contributed by atoms with Gasteiger partial charge in [0.2, 0.25) is 0 Å². The summed E-state index contributed by atoms with van der Waals surface area (Å²) in [6.45, 7) is 0.312. The minimum Gasteiger partial charge on any atom is -0.488 e. The summed E-state index contributed by atoms with van der Waals surface area (Å²) in [4.78, 5) is 22.8. The van der Waals surface area contributed by atoms with Crippen LogP contribution in [0, 0.1) is 0 Å². The van der Waals surface area contributed by atoms with Crippen molar-refractivity contribution in [1.82, 2.24) is 0 Å². The first-order chi connectivity index (χ1) is 12.6. The summed E-state index contributed by atoms with van der Waals surface area (Å²) in [5, 5.41) is 0. The van der Waals surface area contributed by atoms with E-state index in [4.69, 9.17) is 13.9 Å². The normalized spacial score (nSPS) is 10.4. The molecular formula is C20H15BrO5. The average molecular weight is 415 g/mol. The van der Waals surface area contributed by atoms with Crippen molar-refractivity contribution in [2.24, 2.45) is 0 Å². The van der Waals surface area contributed by atoms with E-state index in [1.54, 1.807) is 24.3 Å². The molecule has 6 heteroatoms. The maximum atomic E-state index is 11.9. The van der Waals surface area contributed by atoms with Crippen molar-refractivity contribution in [3.63, 3.8) is 0 Å². The van der Waals surface area contributed by atoms with Crippen molar-refractivity contribution in [3.05, 3.63) is 76.0 Å². The Hall–Kier alpha value is -2.86. The van der Waals surface area contributed by atoms with Gasteiger partial charge in [-0.25, -0.2) is 4.79 Å². The molecule has 26 heavy (non-hydrogen) atoms. The third kappa shape index (κ3) is 3.86. The Morgan fingerprint density at radius 3 is 2.58 bits per heavy atom. The minimum absolute atomic E-state index is 0.206. The quantitative estimate of drug-likeness (QED) is 0.424. The van der Waals surface area contributed by atoms with Gasteiger partial charge in [-0.3, -0.25) is 4.79 Å². The molecule has 0 radical (unpaired) electrons. The van der Waals surface area contributed by atoms with Crippen LogP contribution in [0.15, 0.2) is 63.5 Å². The number of carbonyl (C=O) groups is 2. The predicted molar refractivity (Wildman–Crippen MR) is 99.3 cm³/mol. The topological polar surface area (TPSA) is 65.7 Å². The highest BCUT2D eigenvalue weighted by Crippen LogP contribution is 2.39. The fraction of sp³-hybridized carbons (Fsp3) is 0.100. The van der Waals surface area contributed by atoms with E-state index in [2.05, 4.69) is 15.9 Å². The predicted octanol–water partition coefficient (Wildman–Crippen LogP) is 4.89. The second kappa shape index (κ2) is 8.01. The first-order valence-electron chi connectivity index (χ1n) is 7.76. The molecule has 3 aromatic rings. The number of ether oxygens (including phenoxy) is 2. The lowest BCUT2D eigenvalue weighted by Gasteiger charge is -2.14. The molecule has 0 saturated carbocycles. The van der Waals surface area contributed by atoms with Crippen LogP contribution in [0.4, 0.5) is 0 Å². The fourth-order valence-corrected chi connectivity index (χ4v) is 3.09. The third-order valence-corrected chi connectivity index (χ3v) is 4.33. The van der Waals surface area contributed by atoms with E-state index in [1.807, 2.05) is 30.3 Å². The van der Waals surface area contributed by atoms with E-state index in [0.717, 1.165) is 5.56 Å². The monoisotopic (exact) mass is 414 g/mol. The SMILES string of the molecule is COC(=O)c1cc(Br)c(-c2ccc(C=O)o2)c(OCc2ccccc2)c1. The van der Waals surface area contributed by atoms with Crippen LogP contribution >= 0.6 is 15.9 Å². The summed E-state index contributed by atoms with van der Waals surface area (Å²) < 4.78 is 16.9. The first-order valence-corrected chi connectivity index (χ1v) is 8.55. The van der Waals surface area contributed by atoms with Gasteiger partial charge in [-0.1, -0.05) is 30.3 Å². The Bertz CT molecular complexity index is 931. The molecular weight excluding hydrogens is 400 g/mol. The molecule has 2 aromatic carbocycles. The summed E-state index contributed by atoms with van der Waals surface area (Å²) in [6, 6.07) is 16.1. The molecule has 132 valence electrons. The van der Waals surface area contributed by atoms with Gasteiger partial charge in [0.15, 0.2) is 12.0 Å². The summed E-state index contributed by atoms with van der Waals surface area (Å²) in [6.07, 6.45) is 0.630. The fourth-order valence-electron chi connectivity index (χ4n) is 2.46. The van der Waals surface area contributed by atoms with Gasteiger partial charge in [0.05, 0.1) is 18.2 Å². The zero-order valence-electron chi connectivity index (χ0n) is 13.9. The first kappa shape index (κ1) is 17.9. The molecule has 1 heterocycles. The van der Waals surface area contributed by atoms with Crippen LogP contribution in [0.3, 0.4) is 0 Å². The van der Waals surface area contributed by atoms with Gasteiger partial charge in [0, 0.05) is 4.47 Å². The zero-order chi connectivity index (χ0) is 18.5. The molecule has 0 aliphatic heterocycles. The molecule has 0 aliphatic rings. The molecule has 0 fully saturated rings. The van der Waals surface area contributed by atoms with Crippen LogP contribution in [0.25, 0.3) is 11.3 Å². The van der Waals surface area contributed by atoms with Crippen molar-refractivity contribution < 1.29 is 23.5 Å². The number of esters is 1. The van der Waals surface area contributed by atoms with E-state index in [1.165, 1.54) is 7.11 Å². The van der Waals surface area contributed by atoms with Crippen molar-refractivity contribution in [3.8, 4) is 17.1 Å². The highest BCUT2D eigenvalue weighted by molar-refractivity contribution is 9.10. The Kier molecular flexibility index (Phi) is 5.53. The second-order valence-electron chi connectivity index (χ2n) is 5.42. The van der Waals surface area contributed by atoms with E-state index < -0.39 is 5.97 Å². The van der Waals surface area contributed by atoms with Crippen molar-refractivity contribution in [1.29, 1.82) is 0 Å². The van der Waals surface area contributed by atoms with Crippen LogP contribution in [0.2, 0.25) is 0 Å². The van der Waals surface area contributed by atoms with Gasteiger partial charge in [-0.15, -0.1) is 0 Å². The molecule has 0 saturated heterocycles. The van der Waals surface area contributed by atoms with Gasteiger partial charge >= 0.3 is 5.97 Å². The highest BCUT2D eigenvalue weighted by Gasteiger charge is 2.19. The highest BCUT2D eigenvalue weighted by atomic mass is 79.9. The lowest BCUT2D eigenvalue weighted by molar-refractivity contribution is 0.0600. The molecule has 5 nitrogen and oxygen atoms in total. The molecule has 0 spiro atoms. The molecule has 3 rings (SSSR count). The van der Waals surface area contributed by atoms with Crippen LogP contribution < -0.4 is 4.74 Å². The number of carbonyl (C=O) groups excluding carboxylic acids is 2. The number of methoxy groups -OCH3 is 1. The summed E-state index contributed by atoms with van der Waals surface area (Å²) in [5.41, 5.74) is 1.93. The summed E-state index contributed by atoms with van der Waals surface area (Å²) in [5.74, 6) is 0.627. The van der Waals surface area contributed by atoms with Crippen LogP contribution in [-0.2, 0) is 11.3 Å². The smallest absolute Gasteiger partial charge is 0.338 e. The number of aldehydes is 1. The van der Waals surface area contributed by atoms with E-state index in [-0.39, 0.29) is 5.76 Å². The largest absolute Gasteiger partial charge is 0.488 e. The molecule has 0 unspecified atom stereocenters. The molecule has 1 aromatic heterocycles. The van der Waals surface area contributed by atoms with Crippen LogP contribution in [-0.4, -0.2) is 19.4 Å². The van der Waals surface area contributed by atoms with Gasteiger partial charge in [-0.2, -0.15) is 0 Å². The van der Waals surface area contributed by atoms with Gasteiger partial charge in [-0.05, 0) is 45.8 Å². The van der Waals surface area contributed by atoms with Crippen LogP contribution in [0.5, 0.6) is 5.75 Å². The zero-order valence-corrected chi connectivity index (χ0v) is 15.5. The summed E-state index contributed by atoms with van der Waals surface area (Å²) >= 11 is 3.45. The molecule has 0 aliphatic carbocycles. The van der Waals surface area contributed by atoms with Gasteiger partial charge in [0.1, 0.15) is 18.1 Å². The number of hydrogen-bond donors (Lipinski definition) is 0. The maximum absolute atomic E-state index is 11.9. The Morgan fingerprint density at radius 2 is 1.92 bits per heavy atom. The van der Waals surface area contributed by atoms with Gasteiger partial charge in [0.25, 0.3) is 0 Å². The Labute approximate surface area is 158 Å². The minimum atomic E-state index is -0.477. The molecule has 0 bridgehead atoms. The maximum Gasteiger partial charge on any atom is 0.338 e. The second-order valence-corrected chi connectivity index (χ2v) is 6.27. The summed E-state index contributed by atoms with van der Waals surface area (Å²) in [7, 11) is 1.32. The average Bonchev–Trinajstić information content (AvgIpc) is 3.14. The Balaban J connectivity index is 2.03. The Morgan fingerprint density at radius 1 is 1.15 bits per heavy atom. The van der Waals surface area contributed by atoms with Crippen molar-refractivity contribution in [2.75, 3.05) is 7.11 Å². The van der Waals surface area contributed by atoms with Crippen molar-refractivity contribution in [2.45, 2.75) is 6.61 Å². The number of rotatable bonds is 6. The number of halogens is 1. The standard InChI is InChI=1S/C20H15BrO5/c1-24-20(23)14-9-16(21)19(17-8-7-15(11-22)26-17)18(10-14)25-12-13-5-3-2-4-6-13/h2-11H,12H2,1H3. The van der Waals surface area contributed by atoms with Crippen LogP contribution in [0.1, 0.15) is 26.5 Å². The number of furan rings is 1. The third-order valence-electron chi connectivity index (χ3n) is 3.70. The molecule has 0 amide bonds. The van der Waals surface area contributed by atoms with E-state index in [9.17, 15) is 9.59 Å². The van der Waals surface area contributed by atoms with Crippen molar-refractivity contribution >= 4 is 28.2 Å². The van der Waals surface area contributed by atoms with Gasteiger partial charge < -0.3 is 13.9 Å². The molecule has 0 atom stereocenters. The lowest BCUT2D eigenvalue weighted by Crippen LogP contribution is -2.04. The molecule has 0 N–H and O–H groups in total.